The van der Waals surface area contributed by atoms with Crippen molar-refractivity contribution < 1.29 is 4.42 Å². The Morgan fingerprint density at radius 3 is 1.64 bits per heavy atom. The molecule has 0 aliphatic rings. The first kappa shape index (κ1) is 27.2. The minimum atomic E-state index is 0.840. The van der Waals surface area contributed by atoms with Crippen LogP contribution in [0.2, 0.25) is 0 Å². The van der Waals surface area contributed by atoms with Crippen molar-refractivity contribution in [3.05, 3.63) is 164 Å². The highest BCUT2D eigenvalue weighted by atomic mass is 16.3. The number of nitrogens with zero attached hydrogens (tertiary/aromatic N) is 3. The maximum absolute atomic E-state index is 6.17. The fourth-order valence-electron chi connectivity index (χ4n) is 7.89. The van der Waals surface area contributed by atoms with Gasteiger partial charge in [-0.1, -0.05) is 103 Å². The predicted molar refractivity (Wildman–Crippen MR) is 207 cm³/mol. The Labute approximate surface area is 286 Å². The fraction of sp³-hybridized carbons (Fsp3) is 0. The molecule has 0 unspecified atom stereocenters. The summed E-state index contributed by atoms with van der Waals surface area (Å²) in [4.78, 5) is 10.5. The van der Waals surface area contributed by atoms with Crippen molar-refractivity contribution >= 4 is 76.3 Å². The van der Waals surface area contributed by atoms with E-state index < -0.39 is 0 Å². The zero-order valence-electron chi connectivity index (χ0n) is 26.8. The smallest absolute Gasteiger partial charge is 0.135 e. The van der Waals surface area contributed by atoms with Gasteiger partial charge in [0, 0.05) is 38.4 Å². The predicted octanol–water partition coefficient (Wildman–Crippen LogP) is 12.3. The molecule has 8 aromatic carbocycles. The number of fused-ring (bicyclic) bond motifs is 11. The zero-order chi connectivity index (χ0) is 32.8. The van der Waals surface area contributed by atoms with E-state index >= 15 is 0 Å². The van der Waals surface area contributed by atoms with Crippen LogP contribution in [-0.4, -0.2) is 14.5 Å². The summed E-state index contributed by atoms with van der Waals surface area (Å²) in [6.45, 7) is 0. The minimum Gasteiger partial charge on any atom is -0.456 e. The third-order valence-corrected chi connectivity index (χ3v) is 10.1. The standard InChI is InChI=1S/C46H27N3O/c1-3-14-33-28(10-1)20-23-39-43(33)44-34-15-4-2-11-29(34)21-24-40(44)49(39)32-13-9-12-30(26-32)45-46(48-38-18-7-6-17-37(38)47-45)31-22-25-42-36(27-31)35-16-5-8-19-41(35)50-42/h1-27H. The van der Waals surface area contributed by atoms with Gasteiger partial charge in [-0.2, -0.15) is 0 Å². The van der Waals surface area contributed by atoms with Gasteiger partial charge in [-0.25, -0.2) is 9.97 Å². The summed E-state index contributed by atoms with van der Waals surface area (Å²) in [6, 6.07) is 57.8. The van der Waals surface area contributed by atoms with Crippen LogP contribution in [-0.2, 0) is 0 Å². The number of hydrogen-bond donors (Lipinski definition) is 0. The molecule has 0 saturated carbocycles. The average Bonchev–Trinajstić information content (AvgIpc) is 3.73. The molecule has 0 aliphatic carbocycles. The summed E-state index contributed by atoms with van der Waals surface area (Å²) in [5.74, 6) is 0. The molecule has 232 valence electrons. The normalized spacial score (nSPS) is 12.0. The number of hydrogen-bond acceptors (Lipinski definition) is 3. The van der Waals surface area contributed by atoms with E-state index in [1.165, 1.54) is 43.4 Å². The molecule has 0 saturated heterocycles. The van der Waals surface area contributed by atoms with Crippen LogP contribution in [0.15, 0.2) is 168 Å². The van der Waals surface area contributed by atoms with Gasteiger partial charge >= 0.3 is 0 Å². The van der Waals surface area contributed by atoms with Crippen LogP contribution in [0.4, 0.5) is 0 Å². The van der Waals surface area contributed by atoms with Gasteiger partial charge in [-0.05, 0) is 82.2 Å². The molecular weight excluding hydrogens is 611 g/mol. The molecular formula is C46H27N3O. The number of furan rings is 1. The summed E-state index contributed by atoms with van der Waals surface area (Å²) in [5.41, 5.74) is 10.6. The first-order chi connectivity index (χ1) is 24.8. The van der Waals surface area contributed by atoms with Gasteiger partial charge < -0.3 is 8.98 Å². The summed E-state index contributed by atoms with van der Waals surface area (Å²) in [6.07, 6.45) is 0. The van der Waals surface area contributed by atoms with Crippen molar-refractivity contribution in [3.63, 3.8) is 0 Å². The van der Waals surface area contributed by atoms with Crippen LogP contribution in [0.1, 0.15) is 0 Å². The van der Waals surface area contributed by atoms with Crippen LogP contribution in [0.5, 0.6) is 0 Å². The van der Waals surface area contributed by atoms with Crippen molar-refractivity contribution in [2.45, 2.75) is 0 Å². The van der Waals surface area contributed by atoms with Gasteiger partial charge in [-0.3, -0.25) is 0 Å². The van der Waals surface area contributed by atoms with E-state index in [0.717, 1.165) is 61.2 Å². The lowest BCUT2D eigenvalue weighted by atomic mass is 10.00. The highest BCUT2D eigenvalue weighted by Gasteiger charge is 2.20. The van der Waals surface area contributed by atoms with Crippen LogP contribution in [0, 0.1) is 0 Å². The first-order valence-electron chi connectivity index (χ1n) is 16.9. The lowest BCUT2D eigenvalue weighted by Crippen LogP contribution is -1.98. The SMILES string of the molecule is c1cc(-c2nc3ccccc3nc2-c2ccc3oc4ccccc4c3c2)cc(-n2c3ccc4ccccc4c3c3c4ccccc4ccc32)c1. The average molecular weight is 638 g/mol. The molecule has 0 N–H and O–H groups in total. The van der Waals surface area contributed by atoms with E-state index in [1.54, 1.807) is 0 Å². The Balaban J connectivity index is 1.18. The molecule has 3 heterocycles. The lowest BCUT2D eigenvalue weighted by Gasteiger charge is -2.14. The second-order valence-electron chi connectivity index (χ2n) is 13.0. The number of aromatic nitrogens is 3. The van der Waals surface area contributed by atoms with Gasteiger partial charge in [0.2, 0.25) is 0 Å². The molecule has 3 aromatic heterocycles. The molecule has 0 spiro atoms. The van der Waals surface area contributed by atoms with Gasteiger partial charge in [-0.15, -0.1) is 0 Å². The number of benzene rings is 8. The highest BCUT2D eigenvalue weighted by Crippen LogP contribution is 2.42. The molecule has 4 heteroatoms. The molecule has 0 fully saturated rings. The summed E-state index contributed by atoms with van der Waals surface area (Å²) in [7, 11) is 0. The quantitative estimate of drug-likeness (QED) is 0.194. The Hall–Kier alpha value is -6.78. The zero-order valence-corrected chi connectivity index (χ0v) is 26.8. The van der Waals surface area contributed by atoms with Crippen LogP contribution in [0.25, 0.3) is 105 Å². The number of rotatable bonds is 3. The Morgan fingerprint density at radius 2 is 0.960 bits per heavy atom. The van der Waals surface area contributed by atoms with Gasteiger partial charge in [0.25, 0.3) is 0 Å². The molecule has 0 bridgehead atoms. The van der Waals surface area contributed by atoms with Crippen molar-refractivity contribution in [1.29, 1.82) is 0 Å². The van der Waals surface area contributed by atoms with Gasteiger partial charge in [0.15, 0.2) is 0 Å². The summed E-state index contributed by atoms with van der Waals surface area (Å²) < 4.78 is 8.58. The van der Waals surface area contributed by atoms with Crippen molar-refractivity contribution in [2.24, 2.45) is 0 Å². The maximum Gasteiger partial charge on any atom is 0.135 e. The van der Waals surface area contributed by atoms with Gasteiger partial charge in [0.05, 0.1) is 33.5 Å². The topological polar surface area (TPSA) is 43.9 Å². The van der Waals surface area contributed by atoms with E-state index in [2.05, 4.69) is 132 Å². The molecule has 0 amide bonds. The lowest BCUT2D eigenvalue weighted by molar-refractivity contribution is 0.669. The van der Waals surface area contributed by atoms with Crippen molar-refractivity contribution in [1.82, 2.24) is 14.5 Å². The van der Waals surface area contributed by atoms with Crippen molar-refractivity contribution in [3.8, 4) is 28.2 Å². The fourth-order valence-corrected chi connectivity index (χ4v) is 7.89. The first-order valence-corrected chi connectivity index (χ1v) is 16.9. The molecule has 0 atom stereocenters. The monoisotopic (exact) mass is 637 g/mol. The van der Waals surface area contributed by atoms with Crippen molar-refractivity contribution in [2.75, 3.05) is 0 Å². The number of para-hydroxylation sites is 3. The third-order valence-electron chi connectivity index (χ3n) is 10.1. The largest absolute Gasteiger partial charge is 0.456 e. The van der Waals surface area contributed by atoms with Crippen LogP contribution >= 0.6 is 0 Å². The molecule has 50 heavy (non-hydrogen) atoms. The van der Waals surface area contributed by atoms with E-state index in [9.17, 15) is 0 Å². The molecule has 11 aromatic rings. The molecule has 11 rings (SSSR count). The summed E-state index contributed by atoms with van der Waals surface area (Å²) in [5, 5.41) is 9.68. The van der Waals surface area contributed by atoms with E-state index in [0.29, 0.717) is 0 Å². The Bertz CT molecular complexity index is 3070. The van der Waals surface area contributed by atoms with E-state index in [4.69, 9.17) is 14.4 Å². The van der Waals surface area contributed by atoms with E-state index in [-0.39, 0.29) is 0 Å². The second-order valence-corrected chi connectivity index (χ2v) is 13.0. The summed E-state index contributed by atoms with van der Waals surface area (Å²) >= 11 is 0. The Kier molecular flexibility index (Phi) is 5.63. The van der Waals surface area contributed by atoms with Crippen LogP contribution in [0.3, 0.4) is 0 Å². The minimum absolute atomic E-state index is 0.840. The second kappa shape index (κ2) is 10.4. The van der Waals surface area contributed by atoms with Crippen LogP contribution < -0.4 is 0 Å². The molecule has 4 nitrogen and oxygen atoms in total. The Morgan fingerprint density at radius 1 is 0.400 bits per heavy atom. The third kappa shape index (κ3) is 3.93. The van der Waals surface area contributed by atoms with Gasteiger partial charge in [0.1, 0.15) is 11.2 Å². The molecule has 0 aliphatic heterocycles. The maximum atomic E-state index is 6.17. The highest BCUT2D eigenvalue weighted by molar-refractivity contribution is 6.28. The van der Waals surface area contributed by atoms with E-state index in [1.807, 2.05) is 36.4 Å². The molecule has 0 radical (unpaired) electrons.